The van der Waals surface area contributed by atoms with Gasteiger partial charge in [-0.2, -0.15) is 0 Å². The fourth-order valence-corrected chi connectivity index (χ4v) is 8.50. The van der Waals surface area contributed by atoms with Crippen LogP contribution in [-0.4, -0.2) is 104 Å². The van der Waals surface area contributed by atoms with Gasteiger partial charge in [-0.1, -0.05) is 200 Å². The number of unbranched alkanes of at least 4 members (excludes halogenated alkanes) is 29. The number of carbonyl (C=O) groups is 2. The number of nitrogens with one attached hydrogen (secondary N) is 1. The van der Waals surface area contributed by atoms with Gasteiger partial charge in [0.05, 0.1) is 25.4 Å². The van der Waals surface area contributed by atoms with Gasteiger partial charge in [-0.3, -0.25) is 9.59 Å². The van der Waals surface area contributed by atoms with E-state index in [2.05, 4.69) is 19.2 Å². The predicted molar refractivity (Wildman–Crippen MR) is 246 cm³/mol. The Hall–Kier alpha value is -1.18. The molecule has 0 aromatic heterocycles. The Bertz CT molecular complexity index is 1000. The van der Waals surface area contributed by atoms with E-state index >= 15 is 0 Å². The standard InChI is InChI=1S/C50H97NO10/c1-3-5-7-9-11-13-15-16-21-25-29-33-37-43(54)46(56)42(40-60-50-49(59)48(58)47(57)44(39-52)61-50)51-45(55)38-34-30-26-22-18-17-20-24-28-32-36-41(53)35-31-27-23-19-14-12-10-8-6-4-2/h42-44,46-50,52,54,56-59H,3-40H2,1-2H3,(H,51,55)/t42?,43?,44-,46?,47+,48+,49-,50+/m1/s1. The number of aliphatic hydroxyl groups is 6. The number of carbonyl (C=O) groups excluding carboxylic acids is 2. The first-order chi connectivity index (χ1) is 29.7. The van der Waals surface area contributed by atoms with E-state index in [1.54, 1.807) is 0 Å². The summed E-state index contributed by atoms with van der Waals surface area (Å²) in [4.78, 5) is 25.3. The molecule has 3 unspecified atom stereocenters. The molecule has 61 heavy (non-hydrogen) atoms. The third-order valence-corrected chi connectivity index (χ3v) is 12.7. The molecule has 0 aliphatic carbocycles. The maximum atomic E-state index is 13.0. The summed E-state index contributed by atoms with van der Waals surface area (Å²) in [6, 6.07) is -1.00. The van der Waals surface area contributed by atoms with Crippen LogP contribution in [0.2, 0.25) is 0 Å². The van der Waals surface area contributed by atoms with E-state index in [9.17, 15) is 40.2 Å². The SMILES string of the molecule is CCCCCCCCCCCCCCC(O)C(O)C(CO[C@H]1O[C@H](CO)[C@H](O)[C@H](O)[C@H]1O)NC(=O)CCCCCCCCCCCCC(=O)CCCCCCCCCCCC. The van der Waals surface area contributed by atoms with Crippen molar-refractivity contribution in [3.8, 4) is 0 Å². The Kier molecular flexibility index (Phi) is 38.2. The van der Waals surface area contributed by atoms with Gasteiger partial charge in [0.1, 0.15) is 36.3 Å². The molecule has 1 heterocycles. The number of hydrogen-bond donors (Lipinski definition) is 7. The van der Waals surface area contributed by atoms with Gasteiger partial charge in [0.15, 0.2) is 6.29 Å². The molecule has 0 saturated carbocycles. The first-order valence-electron chi connectivity index (χ1n) is 25.7. The smallest absolute Gasteiger partial charge is 0.220 e. The van der Waals surface area contributed by atoms with Crippen LogP contribution >= 0.6 is 0 Å². The fraction of sp³-hybridized carbons (Fsp3) is 0.960. The van der Waals surface area contributed by atoms with Crippen LogP contribution in [-0.2, 0) is 19.1 Å². The minimum absolute atomic E-state index is 0.260. The second kappa shape index (κ2) is 40.3. The lowest BCUT2D eigenvalue weighted by atomic mass is 9.98. The van der Waals surface area contributed by atoms with E-state index in [0.29, 0.717) is 18.6 Å². The second-order valence-electron chi connectivity index (χ2n) is 18.4. The molecule has 1 saturated heterocycles. The van der Waals surface area contributed by atoms with Gasteiger partial charge in [0, 0.05) is 19.3 Å². The van der Waals surface area contributed by atoms with Crippen LogP contribution in [0.3, 0.4) is 0 Å². The average molecular weight is 872 g/mol. The summed E-state index contributed by atoms with van der Waals surface area (Å²) >= 11 is 0. The highest BCUT2D eigenvalue weighted by Gasteiger charge is 2.44. The number of rotatable bonds is 44. The maximum absolute atomic E-state index is 13.0. The van der Waals surface area contributed by atoms with E-state index in [-0.39, 0.29) is 18.9 Å². The molecule has 8 atom stereocenters. The van der Waals surface area contributed by atoms with Crippen molar-refractivity contribution in [2.24, 2.45) is 0 Å². The van der Waals surface area contributed by atoms with Crippen molar-refractivity contribution in [3.63, 3.8) is 0 Å². The molecule has 0 spiro atoms. The lowest BCUT2D eigenvalue weighted by Crippen LogP contribution is -2.60. The molecule has 1 aliphatic rings. The minimum atomic E-state index is -1.61. The summed E-state index contributed by atoms with van der Waals surface area (Å²) in [6.45, 7) is 3.57. The third-order valence-electron chi connectivity index (χ3n) is 12.7. The lowest BCUT2D eigenvalue weighted by Gasteiger charge is -2.40. The van der Waals surface area contributed by atoms with Gasteiger partial charge in [0.25, 0.3) is 0 Å². The molecule has 11 heteroatoms. The summed E-state index contributed by atoms with van der Waals surface area (Å²) < 4.78 is 11.2. The third kappa shape index (κ3) is 30.6. The van der Waals surface area contributed by atoms with Crippen LogP contribution in [0.15, 0.2) is 0 Å². The van der Waals surface area contributed by atoms with Gasteiger partial charge in [0.2, 0.25) is 5.91 Å². The van der Waals surface area contributed by atoms with Crippen molar-refractivity contribution in [1.29, 1.82) is 0 Å². The Morgan fingerprint density at radius 3 is 1.31 bits per heavy atom. The zero-order chi connectivity index (χ0) is 44.8. The predicted octanol–water partition coefficient (Wildman–Crippen LogP) is 9.66. The number of amides is 1. The molecular formula is C50H97NO10. The topological polar surface area (TPSA) is 186 Å². The fourth-order valence-electron chi connectivity index (χ4n) is 8.50. The number of hydrogen-bond acceptors (Lipinski definition) is 10. The van der Waals surface area contributed by atoms with Gasteiger partial charge >= 0.3 is 0 Å². The van der Waals surface area contributed by atoms with E-state index in [1.165, 1.54) is 128 Å². The van der Waals surface area contributed by atoms with E-state index < -0.39 is 55.6 Å². The normalized spacial score (nSPS) is 20.8. The number of ketones is 1. The van der Waals surface area contributed by atoms with Gasteiger partial charge in [-0.25, -0.2) is 0 Å². The summed E-state index contributed by atoms with van der Waals surface area (Å²) in [7, 11) is 0. The molecular weight excluding hydrogens is 775 g/mol. The van der Waals surface area contributed by atoms with Crippen molar-refractivity contribution in [1.82, 2.24) is 5.32 Å². The summed E-state index contributed by atoms with van der Waals surface area (Å²) in [6.07, 6.45) is 30.1. The minimum Gasteiger partial charge on any atom is -0.394 e. The van der Waals surface area contributed by atoms with Crippen LogP contribution in [0, 0.1) is 0 Å². The summed E-state index contributed by atoms with van der Waals surface area (Å²) in [5, 5.41) is 65.2. The number of Topliss-reactive ketones (excluding diaryl/α,β-unsaturated/α-hetero) is 1. The highest BCUT2D eigenvalue weighted by atomic mass is 16.7. The molecule has 7 N–H and O–H groups in total. The van der Waals surface area contributed by atoms with Crippen molar-refractivity contribution >= 4 is 11.7 Å². The molecule has 11 nitrogen and oxygen atoms in total. The molecule has 0 bridgehead atoms. The largest absolute Gasteiger partial charge is 0.394 e. The quantitative estimate of drug-likeness (QED) is 0.0291. The van der Waals surface area contributed by atoms with Crippen molar-refractivity contribution < 1.29 is 49.7 Å². The van der Waals surface area contributed by atoms with Crippen molar-refractivity contribution in [3.05, 3.63) is 0 Å². The van der Waals surface area contributed by atoms with Crippen LogP contribution in [0.25, 0.3) is 0 Å². The summed E-state index contributed by atoms with van der Waals surface area (Å²) in [5.41, 5.74) is 0. The monoisotopic (exact) mass is 872 g/mol. The van der Waals surface area contributed by atoms with Gasteiger partial charge in [-0.15, -0.1) is 0 Å². The highest BCUT2D eigenvalue weighted by Crippen LogP contribution is 2.23. The van der Waals surface area contributed by atoms with E-state index in [0.717, 1.165) is 83.5 Å². The van der Waals surface area contributed by atoms with E-state index in [1.807, 2.05) is 0 Å². The highest BCUT2D eigenvalue weighted by molar-refractivity contribution is 5.78. The van der Waals surface area contributed by atoms with Gasteiger partial charge in [-0.05, 0) is 25.7 Å². The van der Waals surface area contributed by atoms with Crippen molar-refractivity contribution in [2.45, 2.75) is 294 Å². The average Bonchev–Trinajstić information content (AvgIpc) is 3.25. The Balaban J connectivity index is 2.29. The maximum Gasteiger partial charge on any atom is 0.220 e. The van der Waals surface area contributed by atoms with Crippen LogP contribution < -0.4 is 5.32 Å². The Morgan fingerprint density at radius 2 is 0.902 bits per heavy atom. The molecule has 0 radical (unpaired) electrons. The molecule has 1 rings (SSSR count). The van der Waals surface area contributed by atoms with Crippen LogP contribution in [0.1, 0.15) is 245 Å². The van der Waals surface area contributed by atoms with Crippen molar-refractivity contribution in [2.75, 3.05) is 13.2 Å². The first kappa shape index (κ1) is 57.8. The molecule has 362 valence electrons. The number of ether oxygens (including phenoxy) is 2. The first-order valence-corrected chi connectivity index (χ1v) is 25.7. The van der Waals surface area contributed by atoms with Crippen LogP contribution in [0.5, 0.6) is 0 Å². The zero-order valence-electron chi connectivity index (χ0n) is 39.3. The van der Waals surface area contributed by atoms with Crippen LogP contribution in [0.4, 0.5) is 0 Å². The molecule has 1 amide bonds. The number of aliphatic hydroxyl groups excluding tert-OH is 6. The molecule has 1 fully saturated rings. The zero-order valence-corrected chi connectivity index (χ0v) is 39.3. The lowest BCUT2D eigenvalue weighted by molar-refractivity contribution is -0.303. The Morgan fingerprint density at radius 1 is 0.525 bits per heavy atom. The Labute approximate surface area is 372 Å². The van der Waals surface area contributed by atoms with Gasteiger partial charge < -0.3 is 45.4 Å². The summed E-state index contributed by atoms with van der Waals surface area (Å²) in [5.74, 6) is 0.157. The molecule has 1 aliphatic heterocycles. The molecule has 0 aromatic rings. The molecule has 0 aromatic carbocycles. The second-order valence-corrected chi connectivity index (χ2v) is 18.4. The van der Waals surface area contributed by atoms with E-state index in [4.69, 9.17) is 9.47 Å².